The lowest BCUT2D eigenvalue weighted by Gasteiger charge is -2.18. The van der Waals surface area contributed by atoms with Gasteiger partial charge in [-0.2, -0.15) is 18.2 Å². The third-order valence-corrected chi connectivity index (χ3v) is 6.93. The Kier molecular flexibility index (Phi) is 9.91. The summed E-state index contributed by atoms with van der Waals surface area (Å²) in [6.45, 7) is 3.44. The quantitative estimate of drug-likeness (QED) is 0.264. The number of fused-ring (bicyclic) bond motifs is 6. The Morgan fingerprint density at radius 2 is 1.86 bits per heavy atom. The lowest BCUT2D eigenvalue weighted by Crippen LogP contribution is -2.39. The van der Waals surface area contributed by atoms with Crippen LogP contribution >= 0.6 is 11.6 Å². The Morgan fingerprint density at radius 3 is 2.58 bits per heavy atom. The molecule has 0 spiro atoms. The number of benzene rings is 2. The summed E-state index contributed by atoms with van der Waals surface area (Å²) in [5.41, 5.74) is 4.61. The van der Waals surface area contributed by atoms with Gasteiger partial charge in [-0.15, -0.1) is 0 Å². The van der Waals surface area contributed by atoms with Crippen LogP contribution in [0.2, 0.25) is 5.02 Å². The predicted octanol–water partition coefficient (Wildman–Crippen LogP) is 5.34. The van der Waals surface area contributed by atoms with Crippen LogP contribution in [0, 0.1) is 5.92 Å². The molecule has 1 aromatic heterocycles. The van der Waals surface area contributed by atoms with Gasteiger partial charge in [0.15, 0.2) is 5.82 Å². The first-order valence-corrected chi connectivity index (χ1v) is 13.7. The summed E-state index contributed by atoms with van der Waals surface area (Å²) in [5, 5.41) is 20.0. The Balaban J connectivity index is 0.000000541. The second kappa shape index (κ2) is 13.6. The van der Waals surface area contributed by atoms with E-state index in [1.165, 1.54) is 0 Å². The fourth-order valence-electron chi connectivity index (χ4n) is 4.52. The van der Waals surface area contributed by atoms with Crippen LogP contribution in [0.5, 0.6) is 0 Å². The van der Waals surface area contributed by atoms with E-state index in [0.717, 1.165) is 41.0 Å². The van der Waals surface area contributed by atoms with Crippen LogP contribution in [0.4, 0.5) is 46.8 Å². The average molecular weight is 620 g/mol. The first-order chi connectivity index (χ1) is 20.4. The summed E-state index contributed by atoms with van der Waals surface area (Å²) >= 11 is 6.35. The molecule has 0 saturated carbocycles. The van der Waals surface area contributed by atoms with E-state index in [1.54, 1.807) is 11.1 Å². The minimum absolute atomic E-state index is 0.0728. The molecule has 1 saturated heterocycles. The number of hydrogen-bond donors (Lipinski definition) is 5. The number of aliphatic carboxylic acids is 1. The molecule has 11 nitrogen and oxygen atoms in total. The molecule has 2 aliphatic heterocycles. The van der Waals surface area contributed by atoms with Gasteiger partial charge in [-0.25, -0.2) is 14.6 Å². The second-order valence-electron chi connectivity index (χ2n) is 9.77. The number of likely N-dealkylation sites (tertiary alicyclic amines) is 1. The van der Waals surface area contributed by atoms with Crippen LogP contribution in [0.1, 0.15) is 24.5 Å². The monoisotopic (exact) mass is 619 g/mol. The number of nitrogens with zero attached hydrogens (tertiary/aromatic N) is 3. The maximum atomic E-state index is 13.1. The summed E-state index contributed by atoms with van der Waals surface area (Å²) in [4.78, 5) is 44.7. The Labute approximate surface area is 249 Å². The number of aromatic nitrogens is 2. The van der Waals surface area contributed by atoms with Gasteiger partial charge in [0.05, 0.1) is 12.1 Å². The normalized spacial score (nSPS) is 15.7. The standard InChI is InChI=1S/C26H28ClN7O2.C2HF3O2/c1-2-28-26(36)34-11-10-18(15-34)24(35)32-22-9-8-20-13-17(22)7-6-16-4-3-5-19(12-16)31-25-29-14-21(27)23(30-20)33-25;3-2(4,5)1(6)7/h3-5,8-9,12-14,18H,2,6-7,10-11,15H2,1H3,(H,28,36)(H,32,35)(H2,29,30,31,33);(H,6,7)/t18-;/m1./s1. The zero-order chi connectivity index (χ0) is 31.1. The van der Waals surface area contributed by atoms with Crippen LogP contribution in [0.25, 0.3) is 0 Å². The largest absolute Gasteiger partial charge is 0.490 e. The van der Waals surface area contributed by atoms with Gasteiger partial charge in [-0.05, 0) is 67.6 Å². The molecule has 0 radical (unpaired) electrons. The van der Waals surface area contributed by atoms with Crippen molar-refractivity contribution in [2.24, 2.45) is 5.92 Å². The molecule has 1 atom stereocenters. The molecule has 5 rings (SSSR count). The number of carboxylic acids is 1. The number of nitrogens with one attached hydrogen (secondary N) is 4. The van der Waals surface area contributed by atoms with Crippen molar-refractivity contribution in [3.8, 4) is 0 Å². The predicted molar refractivity (Wildman–Crippen MR) is 155 cm³/mol. The number of amides is 3. The maximum absolute atomic E-state index is 13.1. The highest BCUT2D eigenvalue weighted by Gasteiger charge is 2.38. The first-order valence-electron chi connectivity index (χ1n) is 13.3. The maximum Gasteiger partial charge on any atom is 0.490 e. The van der Waals surface area contributed by atoms with E-state index in [4.69, 9.17) is 21.5 Å². The van der Waals surface area contributed by atoms with E-state index in [-0.39, 0.29) is 17.9 Å². The third-order valence-electron chi connectivity index (χ3n) is 6.65. The van der Waals surface area contributed by atoms with Gasteiger partial charge in [0.1, 0.15) is 5.02 Å². The molecule has 43 heavy (non-hydrogen) atoms. The molecular formula is C28H29ClF3N7O4. The summed E-state index contributed by atoms with van der Waals surface area (Å²) in [6.07, 6.45) is -1.37. The van der Waals surface area contributed by atoms with Crippen molar-refractivity contribution in [3.63, 3.8) is 0 Å². The third kappa shape index (κ3) is 8.47. The highest BCUT2D eigenvalue weighted by Crippen LogP contribution is 2.30. The Hall–Kier alpha value is -4.59. The number of anilines is 5. The molecule has 1 fully saturated rings. The highest BCUT2D eigenvalue weighted by atomic mass is 35.5. The van der Waals surface area contributed by atoms with Gasteiger partial charge in [0.2, 0.25) is 11.9 Å². The van der Waals surface area contributed by atoms with E-state index in [0.29, 0.717) is 42.8 Å². The van der Waals surface area contributed by atoms with Gasteiger partial charge in [-0.1, -0.05) is 23.7 Å². The van der Waals surface area contributed by atoms with Crippen LogP contribution < -0.4 is 21.3 Å². The summed E-state index contributed by atoms with van der Waals surface area (Å²) < 4.78 is 31.7. The average Bonchev–Trinajstić information content (AvgIpc) is 3.46. The lowest BCUT2D eigenvalue weighted by molar-refractivity contribution is -0.192. The van der Waals surface area contributed by atoms with E-state index < -0.39 is 12.1 Å². The topological polar surface area (TPSA) is 149 Å². The molecule has 5 N–H and O–H groups in total. The minimum Gasteiger partial charge on any atom is -0.475 e. The van der Waals surface area contributed by atoms with Crippen LogP contribution in [0.15, 0.2) is 48.7 Å². The van der Waals surface area contributed by atoms with Gasteiger partial charge >= 0.3 is 18.2 Å². The number of carboxylic acid groups (broad SMARTS) is 1. The van der Waals surface area contributed by atoms with Crippen molar-refractivity contribution < 1.29 is 32.7 Å². The van der Waals surface area contributed by atoms with E-state index in [9.17, 15) is 22.8 Å². The fraction of sp³-hybridized carbons (Fsp3) is 0.321. The van der Waals surface area contributed by atoms with Crippen molar-refractivity contribution in [2.75, 3.05) is 35.6 Å². The number of halogens is 4. The number of alkyl halides is 3. The molecule has 0 aliphatic carbocycles. The number of rotatable bonds is 3. The van der Waals surface area contributed by atoms with Crippen molar-refractivity contribution in [1.29, 1.82) is 0 Å². The van der Waals surface area contributed by atoms with Crippen molar-refractivity contribution in [1.82, 2.24) is 20.2 Å². The molecule has 3 amide bonds. The van der Waals surface area contributed by atoms with E-state index >= 15 is 0 Å². The Morgan fingerprint density at radius 1 is 1.12 bits per heavy atom. The van der Waals surface area contributed by atoms with Crippen molar-refractivity contribution >= 4 is 58.3 Å². The number of carbonyl (C=O) groups is 3. The van der Waals surface area contributed by atoms with E-state index in [2.05, 4.69) is 43.4 Å². The van der Waals surface area contributed by atoms with Crippen LogP contribution in [0.3, 0.4) is 0 Å². The summed E-state index contributed by atoms with van der Waals surface area (Å²) in [6, 6.07) is 13.8. The van der Waals surface area contributed by atoms with Crippen molar-refractivity contribution in [2.45, 2.75) is 32.4 Å². The van der Waals surface area contributed by atoms with Gasteiger partial charge < -0.3 is 31.3 Å². The van der Waals surface area contributed by atoms with Crippen LogP contribution in [-0.4, -0.2) is 63.7 Å². The first kappa shape index (κ1) is 31.3. The smallest absolute Gasteiger partial charge is 0.475 e. The number of urea groups is 1. The number of aryl methyl sites for hydroxylation is 2. The van der Waals surface area contributed by atoms with Gasteiger partial charge in [0.25, 0.3) is 0 Å². The summed E-state index contributed by atoms with van der Waals surface area (Å²) in [7, 11) is 0. The van der Waals surface area contributed by atoms with Gasteiger partial charge in [0, 0.05) is 36.7 Å². The number of carbonyl (C=O) groups excluding carboxylic acids is 2. The van der Waals surface area contributed by atoms with Gasteiger partial charge in [-0.3, -0.25) is 4.79 Å². The molecule has 3 heterocycles. The molecular weight excluding hydrogens is 591 g/mol. The van der Waals surface area contributed by atoms with E-state index in [1.807, 2.05) is 37.3 Å². The second-order valence-corrected chi connectivity index (χ2v) is 10.2. The number of hydrogen-bond acceptors (Lipinski definition) is 7. The molecule has 2 aromatic carbocycles. The van der Waals surface area contributed by atoms with Crippen LogP contribution in [-0.2, 0) is 22.4 Å². The fourth-order valence-corrected chi connectivity index (χ4v) is 4.66. The molecule has 228 valence electrons. The highest BCUT2D eigenvalue weighted by molar-refractivity contribution is 6.32. The minimum atomic E-state index is -5.08. The molecule has 3 aromatic rings. The molecule has 2 aliphatic rings. The van der Waals surface area contributed by atoms with Crippen molar-refractivity contribution in [3.05, 3.63) is 64.8 Å². The zero-order valence-electron chi connectivity index (χ0n) is 23.0. The SMILES string of the molecule is CCNC(=O)N1CC[C@@H](C(=O)Nc2ccc3cc2CCc2cccc(c2)Nc2ncc(Cl)c(n2)N3)C1.O=C(O)C(F)(F)F. The Bertz CT molecular complexity index is 1510. The molecule has 0 unspecified atom stereocenters. The molecule has 15 heteroatoms. The molecule has 6 bridgehead atoms. The lowest BCUT2D eigenvalue weighted by atomic mass is 10.0. The zero-order valence-corrected chi connectivity index (χ0v) is 23.7. The summed E-state index contributed by atoms with van der Waals surface area (Å²) in [5.74, 6) is -2.14.